The van der Waals surface area contributed by atoms with Crippen molar-refractivity contribution in [1.29, 1.82) is 0 Å². The standard InChI is InChI=1S/C27H34N4O5.C9H20O.C2H6/c1-8-11-28-26-30-24(33-6)22(25(31-26)34-7)29-23(32)21-10-9-18(35-21)13-17-14-19-16(3)36-27(4,5)20(19)12-15(17)2;1-4-6-7-9(5-2)8-10-3;1-2/h9-10,12,14,16H,8,11,13H2,1-7H3,(H,29,32)(H,28,30,31);9H,4-8H2,1-3H3;1-2H3. The summed E-state index contributed by atoms with van der Waals surface area (Å²) in [7, 11) is 4.73. The molecule has 0 bridgehead atoms. The van der Waals surface area contributed by atoms with Crippen molar-refractivity contribution in [2.24, 2.45) is 5.92 Å². The molecule has 1 amide bonds. The van der Waals surface area contributed by atoms with E-state index in [2.05, 4.69) is 74.3 Å². The van der Waals surface area contributed by atoms with E-state index < -0.39 is 5.91 Å². The second-order valence-corrected chi connectivity index (χ2v) is 12.3. The number of unbranched alkanes of at least 4 members (excludes halogenated alkanes) is 1. The molecule has 48 heavy (non-hydrogen) atoms. The van der Waals surface area contributed by atoms with Crippen molar-refractivity contribution in [3.05, 3.63) is 58.0 Å². The number of furan rings is 1. The first-order valence-electron chi connectivity index (χ1n) is 17.5. The van der Waals surface area contributed by atoms with Gasteiger partial charge in [0, 0.05) is 26.7 Å². The van der Waals surface area contributed by atoms with Crippen LogP contribution >= 0.6 is 0 Å². The van der Waals surface area contributed by atoms with E-state index in [1.54, 1.807) is 13.2 Å². The summed E-state index contributed by atoms with van der Waals surface area (Å²) in [5, 5.41) is 5.85. The number of benzene rings is 1. The summed E-state index contributed by atoms with van der Waals surface area (Å²) >= 11 is 0. The molecular formula is C38H60N4O6. The molecule has 10 nitrogen and oxygen atoms in total. The van der Waals surface area contributed by atoms with E-state index in [1.165, 1.54) is 51.0 Å². The summed E-state index contributed by atoms with van der Waals surface area (Å²) in [5.74, 6) is 1.93. The van der Waals surface area contributed by atoms with Gasteiger partial charge in [-0.3, -0.25) is 4.79 Å². The molecule has 0 radical (unpaired) electrons. The fourth-order valence-corrected chi connectivity index (χ4v) is 5.62. The predicted molar refractivity (Wildman–Crippen MR) is 194 cm³/mol. The number of fused-ring (bicyclic) bond motifs is 1. The highest BCUT2D eigenvalue weighted by atomic mass is 16.5. The van der Waals surface area contributed by atoms with Crippen molar-refractivity contribution in [3.8, 4) is 11.8 Å². The Morgan fingerprint density at radius 2 is 1.69 bits per heavy atom. The Labute approximate surface area is 288 Å². The lowest BCUT2D eigenvalue weighted by atomic mass is 9.89. The Balaban J connectivity index is 0.000000573. The highest BCUT2D eigenvalue weighted by Crippen LogP contribution is 2.44. The molecule has 1 aliphatic heterocycles. The van der Waals surface area contributed by atoms with Crippen molar-refractivity contribution in [2.75, 3.05) is 45.1 Å². The molecule has 0 aliphatic carbocycles. The third kappa shape index (κ3) is 11.0. The predicted octanol–water partition coefficient (Wildman–Crippen LogP) is 9.26. The Bertz CT molecular complexity index is 1400. The molecule has 0 saturated heterocycles. The number of methoxy groups -OCH3 is 3. The lowest BCUT2D eigenvalue weighted by molar-refractivity contribution is -0.0435. The fourth-order valence-electron chi connectivity index (χ4n) is 5.62. The number of carbonyl (C=O) groups is 1. The lowest BCUT2D eigenvalue weighted by Gasteiger charge is -2.20. The Kier molecular flexibility index (Phi) is 16.9. The first kappa shape index (κ1) is 40.5. The zero-order valence-corrected chi connectivity index (χ0v) is 31.5. The SMILES string of the molecule is CC.CCCCC(CC)COC.CCCNc1nc(OC)c(NC(=O)c2ccc(Cc3cc4c(cc3C)C(C)(C)OC4C)o2)c(OC)n1. The summed E-state index contributed by atoms with van der Waals surface area (Å²) in [6.45, 7) is 20.5. The molecule has 2 atom stereocenters. The zero-order valence-electron chi connectivity index (χ0n) is 31.5. The van der Waals surface area contributed by atoms with Gasteiger partial charge in [-0.1, -0.05) is 66.0 Å². The minimum atomic E-state index is -0.454. The molecule has 1 aromatic carbocycles. The van der Waals surface area contributed by atoms with Crippen LogP contribution in [0.1, 0.15) is 132 Å². The van der Waals surface area contributed by atoms with Gasteiger partial charge in [0.1, 0.15) is 5.76 Å². The van der Waals surface area contributed by atoms with E-state index in [1.807, 2.05) is 26.8 Å². The lowest BCUT2D eigenvalue weighted by Crippen LogP contribution is -2.15. The molecule has 2 unspecified atom stereocenters. The van der Waals surface area contributed by atoms with Crippen molar-refractivity contribution < 1.29 is 28.2 Å². The number of hydrogen-bond donors (Lipinski definition) is 2. The number of hydrogen-bond acceptors (Lipinski definition) is 9. The molecule has 268 valence electrons. The normalized spacial score (nSPS) is 14.9. The number of aryl methyl sites for hydroxylation is 1. The Morgan fingerprint density at radius 3 is 2.25 bits per heavy atom. The maximum absolute atomic E-state index is 13.0. The highest BCUT2D eigenvalue weighted by Gasteiger charge is 2.36. The number of ether oxygens (including phenoxy) is 4. The number of carbonyl (C=O) groups excluding carboxylic acids is 1. The number of aromatic nitrogens is 2. The fraction of sp³-hybridized carbons (Fsp3) is 0.605. The van der Waals surface area contributed by atoms with Gasteiger partial charge in [0.2, 0.25) is 17.7 Å². The van der Waals surface area contributed by atoms with Crippen LogP contribution in [0.15, 0.2) is 28.7 Å². The second-order valence-electron chi connectivity index (χ2n) is 12.3. The van der Waals surface area contributed by atoms with Gasteiger partial charge in [-0.2, -0.15) is 9.97 Å². The van der Waals surface area contributed by atoms with Crippen LogP contribution in [0.25, 0.3) is 0 Å². The average molecular weight is 669 g/mol. The van der Waals surface area contributed by atoms with E-state index in [0.29, 0.717) is 24.7 Å². The summed E-state index contributed by atoms with van der Waals surface area (Å²) in [6, 6.07) is 7.85. The number of anilines is 2. The first-order valence-corrected chi connectivity index (χ1v) is 17.5. The molecule has 2 aromatic heterocycles. The summed E-state index contributed by atoms with van der Waals surface area (Å²) < 4.78 is 27.9. The maximum atomic E-state index is 13.0. The Morgan fingerprint density at radius 1 is 1.02 bits per heavy atom. The minimum absolute atomic E-state index is 0.0306. The maximum Gasteiger partial charge on any atom is 0.291 e. The van der Waals surface area contributed by atoms with E-state index in [4.69, 9.17) is 23.4 Å². The van der Waals surface area contributed by atoms with E-state index in [-0.39, 0.29) is 34.9 Å². The topological polar surface area (TPSA) is 117 Å². The third-order valence-corrected chi connectivity index (χ3v) is 8.26. The Hall–Kier alpha value is -3.63. The minimum Gasteiger partial charge on any atom is -0.479 e. The molecule has 0 saturated carbocycles. The van der Waals surface area contributed by atoms with Gasteiger partial charge < -0.3 is 34.0 Å². The summed E-state index contributed by atoms with van der Waals surface area (Å²) in [6.07, 6.45) is 6.75. The number of nitrogens with one attached hydrogen (secondary N) is 2. The van der Waals surface area contributed by atoms with Crippen LogP contribution in [-0.2, 0) is 21.5 Å². The molecule has 3 aromatic rings. The number of nitrogens with zero attached hydrogens (tertiary/aromatic N) is 2. The molecule has 3 heterocycles. The van der Waals surface area contributed by atoms with Crippen LogP contribution in [-0.4, -0.2) is 50.4 Å². The number of amides is 1. The quantitative estimate of drug-likeness (QED) is 0.163. The van der Waals surface area contributed by atoms with E-state index in [0.717, 1.165) is 30.1 Å². The molecule has 0 spiro atoms. The third-order valence-electron chi connectivity index (χ3n) is 8.26. The molecule has 4 rings (SSSR count). The van der Waals surface area contributed by atoms with Gasteiger partial charge in [-0.15, -0.1) is 0 Å². The largest absolute Gasteiger partial charge is 0.479 e. The summed E-state index contributed by atoms with van der Waals surface area (Å²) in [5.41, 5.74) is 4.64. The number of rotatable bonds is 15. The molecular weight excluding hydrogens is 608 g/mol. The van der Waals surface area contributed by atoms with Gasteiger partial charge in [0.05, 0.1) is 25.9 Å². The van der Waals surface area contributed by atoms with E-state index in [9.17, 15) is 4.79 Å². The van der Waals surface area contributed by atoms with Gasteiger partial charge in [0.25, 0.3) is 5.91 Å². The molecule has 0 fully saturated rings. The van der Waals surface area contributed by atoms with Gasteiger partial charge in [-0.25, -0.2) is 0 Å². The smallest absolute Gasteiger partial charge is 0.291 e. The highest BCUT2D eigenvalue weighted by molar-refractivity contribution is 6.03. The average Bonchev–Trinajstić information content (AvgIpc) is 3.64. The van der Waals surface area contributed by atoms with Gasteiger partial charge >= 0.3 is 0 Å². The van der Waals surface area contributed by atoms with Crippen molar-refractivity contribution in [3.63, 3.8) is 0 Å². The molecule has 10 heteroatoms. The molecule has 1 aliphatic rings. The monoisotopic (exact) mass is 668 g/mol. The first-order chi connectivity index (χ1) is 23.0. The van der Waals surface area contributed by atoms with Crippen molar-refractivity contribution in [1.82, 2.24) is 9.97 Å². The van der Waals surface area contributed by atoms with Gasteiger partial charge in [-0.05, 0) is 80.8 Å². The second kappa shape index (κ2) is 20.0. The van der Waals surface area contributed by atoms with Crippen LogP contribution in [0.2, 0.25) is 0 Å². The van der Waals surface area contributed by atoms with Crippen LogP contribution in [0.4, 0.5) is 11.6 Å². The van der Waals surface area contributed by atoms with Gasteiger partial charge in [0.15, 0.2) is 11.4 Å². The van der Waals surface area contributed by atoms with Crippen LogP contribution in [0, 0.1) is 12.8 Å². The van der Waals surface area contributed by atoms with E-state index >= 15 is 0 Å². The summed E-state index contributed by atoms with van der Waals surface area (Å²) in [4.78, 5) is 21.6. The van der Waals surface area contributed by atoms with Crippen LogP contribution < -0.4 is 20.1 Å². The van der Waals surface area contributed by atoms with Crippen LogP contribution in [0.5, 0.6) is 11.8 Å². The van der Waals surface area contributed by atoms with Crippen molar-refractivity contribution in [2.45, 2.75) is 113 Å². The molecule has 2 N–H and O–H groups in total. The van der Waals surface area contributed by atoms with Crippen LogP contribution in [0.3, 0.4) is 0 Å². The van der Waals surface area contributed by atoms with Crippen molar-refractivity contribution >= 4 is 17.5 Å². The zero-order chi connectivity index (χ0) is 35.9.